The fraction of sp³-hybridized carbons (Fsp3) is 0.667. The van der Waals surface area contributed by atoms with Crippen molar-refractivity contribution in [3.8, 4) is 0 Å². The smallest absolute Gasteiger partial charge is 0.273 e. The number of carbonyl (C=O) groups is 2. The van der Waals surface area contributed by atoms with Gasteiger partial charge in [0, 0.05) is 43.2 Å². The monoisotopic (exact) mass is 341 g/mol. The summed E-state index contributed by atoms with van der Waals surface area (Å²) in [6.07, 6.45) is 0.941. The summed E-state index contributed by atoms with van der Waals surface area (Å²) in [5, 5.41) is 3.23. The van der Waals surface area contributed by atoms with Crippen LogP contribution in [0.1, 0.15) is 44.6 Å². The standard InChI is InChI=1S/C15H23N3O2S2/c1-5-6-18(10(2)3)14(20)13-9-21-15(16-13)17-7-12(8-17)22-11(4)19/h9-10,12H,5-8H2,1-4H3. The lowest BCUT2D eigenvalue weighted by Gasteiger charge is -2.37. The maximum absolute atomic E-state index is 12.5. The van der Waals surface area contributed by atoms with Crippen LogP contribution in [-0.4, -0.2) is 51.8 Å². The van der Waals surface area contributed by atoms with Crippen molar-refractivity contribution in [3.05, 3.63) is 11.1 Å². The summed E-state index contributed by atoms with van der Waals surface area (Å²) in [4.78, 5) is 32.1. The summed E-state index contributed by atoms with van der Waals surface area (Å²) in [6, 6.07) is 0.179. The first kappa shape index (κ1) is 17.3. The van der Waals surface area contributed by atoms with Gasteiger partial charge in [0.1, 0.15) is 5.69 Å². The van der Waals surface area contributed by atoms with Crippen molar-refractivity contribution in [3.63, 3.8) is 0 Å². The molecule has 2 rings (SSSR count). The Kier molecular flexibility index (Phi) is 5.86. The summed E-state index contributed by atoms with van der Waals surface area (Å²) in [7, 11) is 0. The van der Waals surface area contributed by atoms with Gasteiger partial charge in [0.25, 0.3) is 5.91 Å². The van der Waals surface area contributed by atoms with E-state index < -0.39 is 0 Å². The highest BCUT2D eigenvalue weighted by atomic mass is 32.2. The zero-order chi connectivity index (χ0) is 16.3. The van der Waals surface area contributed by atoms with E-state index in [1.54, 1.807) is 6.92 Å². The van der Waals surface area contributed by atoms with Crippen LogP contribution in [0.4, 0.5) is 5.13 Å². The summed E-state index contributed by atoms with van der Waals surface area (Å²) in [5.74, 6) is 0.00883. The molecular formula is C15H23N3O2S2. The Bertz CT molecular complexity index is 539. The number of hydrogen-bond acceptors (Lipinski definition) is 6. The third kappa shape index (κ3) is 4.01. The SMILES string of the molecule is CCCN(C(=O)c1csc(N2CC(SC(C)=O)C2)n1)C(C)C. The number of hydrogen-bond donors (Lipinski definition) is 0. The van der Waals surface area contributed by atoms with E-state index in [1.165, 1.54) is 23.1 Å². The number of nitrogens with zero attached hydrogens (tertiary/aromatic N) is 3. The second-order valence-corrected chi connectivity index (χ2v) is 8.06. The van der Waals surface area contributed by atoms with Gasteiger partial charge in [0.15, 0.2) is 10.2 Å². The van der Waals surface area contributed by atoms with Gasteiger partial charge in [-0.1, -0.05) is 18.7 Å². The van der Waals surface area contributed by atoms with Crippen LogP contribution in [-0.2, 0) is 4.79 Å². The quantitative estimate of drug-likeness (QED) is 0.796. The molecule has 0 aliphatic carbocycles. The average Bonchev–Trinajstić information content (AvgIpc) is 2.87. The predicted molar refractivity (Wildman–Crippen MR) is 92.9 cm³/mol. The summed E-state index contributed by atoms with van der Waals surface area (Å²) < 4.78 is 0. The van der Waals surface area contributed by atoms with Crippen LogP contribution in [0.5, 0.6) is 0 Å². The molecule has 1 amide bonds. The summed E-state index contributed by atoms with van der Waals surface area (Å²) in [6.45, 7) is 10.1. The van der Waals surface area contributed by atoms with Crippen LogP contribution in [0.25, 0.3) is 0 Å². The highest BCUT2D eigenvalue weighted by Gasteiger charge is 2.31. The lowest BCUT2D eigenvalue weighted by atomic mass is 10.2. The Morgan fingerprint density at radius 2 is 2.18 bits per heavy atom. The Balaban J connectivity index is 1.97. The number of amides is 1. The molecule has 0 saturated carbocycles. The van der Waals surface area contributed by atoms with Crippen LogP contribution in [0.15, 0.2) is 5.38 Å². The van der Waals surface area contributed by atoms with Gasteiger partial charge in [-0.15, -0.1) is 11.3 Å². The maximum atomic E-state index is 12.5. The predicted octanol–water partition coefficient (Wildman–Crippen LogP) is 2.87. The molecule has 5 nitrogen and oxygen atoms in total. The van der Waals surface area contributed by atoms with Gasteiger partial charge < -0.3 is 9.80 Å². The Labute approximate surface area is 140 Å². The van der Waals surface area contributed by atoms with E-state index in [1.807, 2.05) is 24.1 Å². The summed E-state index contributed by atoms with van der Waals surface area (Å²) >= 11 is 2.89. The number of thiazole rings is 1. The molecule has 0 unspecified atom stereocenters. The first-order valence-electron chi connectivity index (χ1n) is 7.61. The van der Waals surface area contributed by atoms with E-state index in [9.17, 15) is 9.59 Å². The second kappa shape index (κ2) is 7.46. The first-order chi connectivity index (χ1) is 10.4. The van der Waals surface area contributed by atoms with Gasteiger partial charge in [-0.05, 0) is 20.3 Å². The zero-order valence-electron chi connectivity index (χ0n) is 13.5. The van der Waals surface area contributed by atoms with Crippen molar-refractivity contribution in [2.24, 2.45) is 0 Å². The molecule has 7 heteroatoms. The normalized spacial score (nSPS) is 15.0. The van der Waals surface area contributed by atoms with Crippen molar-refractivity contribution in [2.45, 2.75) is 45.4 Å². The number of thioether (sulfide) groups is 1. The van der Waals surface area contributed by atoms with Gasteiger partial charge in [-0.2, -0.15) is 0 Å². The number of rotatable bonds is 6. The molecule has 1 fully saturated rings. The van der Waals surface area contributed by atoms with Crippen molar-refractivity contribution < 1.29 is 9.59 Å². The van der Waals surface area contributed by atoms with Crippen molar-refractivity contribution in [1.29, 1.82) is 0 Å². The second-order valence-electron chi connectivity index (χ2n) is 5.74. The molecule has 1 aliphatic heterocycles. The molecule has 122 valence electrons. The lowest BCUT2D eigenvalue weighted by molar-refractivity contribution is -0.109. The molecule has 0 atom stereocenters. The molecule has 0 radical (unpaired) electrons. The molecule has 0 aromatic carbocycles. The fourth-order valence-corrected chi connectivity index (χ4v) is 4.19. The van der Waals surface area contributed by atoms with Gasteiger partial charge in [0.05, 0.1) is 0 Å². The van der Waals surface area contributed by atoms with Crippen LogP contribution in [0, 0.1) is 0 Å². The van der Waals surface area contributed by atoms with E-state index in [-0.39, 0.29) is 17.1 Å². The van der Waals surface area contributed by atoms with Crippen molar-refractivity contribution in [1.82, 2.24) is 9.88 Å². The minimum Gasteiger partial charge on any atom is -0.346 e. The van der Waals surface area contributed by atoms with Crippen molar-refractivity contribution >= 4 is 39.3 Å². The van der Waals surface area contributed by atoms with E-state index in [4.69, 9.17) is 0 Å². The largest absolute Gasteiger partial charge is 0.346 e. The Morgan fingerprint density at radius 3 is 2.73 bits per heavy atom. The molecule has 1 aromatic heterocycles. The highest BCUT2D eigenvalue weighted by molar-refractivity contribution is 8.14. The molecule has 1 aromatic rings. The maximum Gasteiger partial charge on any atom is 0.273 e. The molecule has 0 N–H and O–H groups in total. The van der Waals surface area contributed by atoms with Crippen molar-refractivity contribution in [2.75, 3.05) is 24.5 Å². The highest BCUT2D eigenvalue weighted by Crippen LogP contribution is 2.30. The Hall–Kier alpha value is -1.08. The minimum absolute atomic E-state index is 0.00883. The molecular weight excluding hydrogens is 318 g/mol. The third-order valence-corrected chi connectivity index (χ3v) is 5.38. The minimum atomic E-state index is 0.00883. The van der Waals surface area contributed by atoms with E-state index in [0.717, 1.165) is 31.2 Å². The molecule has 0 bridgehead atoms. The first-order valence-corrected chi connectivity index (χ1v) is 9.37. The fourth-order valence-electron chi connectivity index (χ4n) is 2.39. The van der Waals surface area contributed by atoms with E-state index in [0.29, 0.717) is 10.9 Å². The van der Waals surface area contributed by atoms with Crippen LogP contribution >= 0.6 is 23.1 Å². The number of carbonyl (C=O) groups excluding carboxylic acids is 2. The summed E-state index contributed by atoms with van der Waals surface area (Å²) in [5.41, 5.74) is 0.532. The number of anilines is 1. The molecule has 0 spiro atoms. The Morgan fingerprint density at radius 1 is 1.50 bits per heavy atom. The topological polar surface area (TPSA) is 53.5 Å². The van der Waals surface area contributed by atoms with Gasteiger partial charge in [-0.3, -0.25) is 9.59 Å². The average molecular weight is 342 g/mol. The van der Waals surface area contributed by atoms with Crippen LogP contribution in [0.2, 0.25) is 0 Å². The van der Waals surface area contributed by atoms with E-state index >= 15 is 0 Å². The molecule has 1 saturated heterocycles. The lowest BCUT2D eigenvalue weighted by Crippen LogP contribution is -2.49. The third-order valence-electron chi connectivity index (χ3n) is 3.51. The van der Waals surface area contributed by atoms with E-state index in [2.05, 4.69) is 16.8 Å². The van der Waals surface area contributed by atoms with Gasteiger partial charge in [-0.25, -0.2) is 4.98 Å². The van der Waals surface area contributed by atoms with Crippen LogP contribution in [0.3, 0.4) is 0 Å². The molecule has 1 aliphatic rings. The zero-order valence-corrected chi connectivity index (χ0v) is 15.2. The van der Waals surface area contributed by atoms with Gasteiger partial charge in [0.2, 0.25) is 0 Å². The molecule has 2 heterocycles. The van der Waals surface area contributed by atoms with Gasteiger partial charge >= 0.3 is 0 Å². The van der Waals surface area contributed by atoms with Crippen LogP contribution < -0.4 is 4.90 Å². The number of aromatic nitrogens is 1. The molecule has 22 heavy (non-hydrogen) atoms.